The second-order valence-electron chi connectivity index (χ2n) is 6.96. The van der Waals surface area contributed by atoms with Gasteiger partial charge in [0.25, 0.3) is 5.91 Å². The Kier molecular flexibility index (Phi) is 5.61. The summed E-state index contributed by atoms with van der Waals surface area (Å²) in [6.07, 6.45) is 2.20. The van der Waals surface area contributed by atoms with Crippen LogP contribution in [0, 0.1) is 0 Å². The van der Waals surface area contributed by atoms with Crippen molar-refractivity contribution in [3.8, 4) is 5.75 Å². The summed E-state index contributed by atoms with van der Waals surface area (Å²) < 4.78 is 5.88. The highest BCUT2D eigenvalue weighted by Crippen LogP contribution is 2.36. The number of rotatable bonds is 7. The van der Waals surface area contributed by atoms with E-state index in [0.29, 0.717) is 18.7 Å². The van der Waals surface area contributed by atoms with E-state index >= 15 is 0 Å². The standard InChI is InChI=1S/C25H24N2O2/c1-2-18-29-23-15-9-7-13-21(23)24-26-22-14-8-6-12-20(22)25(28)27(24)17-16-19-10-4-3-5-11-19/h2-15,24,26H,1,16-18H2. The molecule has 4 heteroatoms. The van der Waals surface area contributed by atoms with Gasteiger partial charge in [-0.15, -0.1) is 0 Å². The van der Waals surface area contributed by atoms with E-state index in [1.165, 1.54) is 5.56 Å². The Hall–Kier alpha value is -3.53. The summed E-state index contributed by atoms with van der Waals surface area (Å²) in [6.45, 7) is 4.75. The Labute approximate surface area is 171 Å². The first kappa shape index (κ1) is 18.8. The van der Waals surface area contributed by atoms with E-state index in [4.69, 9.17) is 4.74 Å². The first-order chi connectivity index (χ1) is 14.3. The van der Waals surface area contributed by atoms with Gasteiger partial charge in [-0.05, 0) is 30.2 Å². The average molecular weight is 384 g/mol. The molecule has 0 bridgehead atoms. The number of carbonyl (C=O) groups is 1. The monoisotopic (exact) mass is 384 g/mol. The molecule has 3 aromatic carbocycles. The summed E-state index contributed by atoms with van der Waals surface area (Å²) in [4.78, 5) is 15.3. The second kappa shape index (κ2) is 8.65. The van der Waals surface area contributed by atoms with Gasteiger partial charge < -0.3 is 15.0 Å². The smallest absolute Gasteiger partial charge is 0.257 e. The zero-order valence-corrected chi connectivity index (χ0v) is 16.3. The first-order valence-corrected chi connectivity index (χ1v) is 9.81. The summed E-state index contributed by atoms with van der Waals surface area (Å²) in [5.41, 5.74) is 3.68. The van der Waals surface area contributed by atoms with Crippen LogP contribution in [0.4, 0.5) is 5.69 Å². The number of benzene rings is 3. The van der Waals surface area contributed by atoms with Crippen LogP contribution in [0.2, 0.25) is 0 Å². The van der Waals surface area contributed by atoms with Gasteiger partial charge >= 0.3 is 0 Å². The molecule has 4 rings (SSSR count). The molecule has 29 heavy (non-hydrogen) atoms. The van der Waals surface area contributed by atoms with Crippen LogP contribution in [0.25, 0.3) is 0 Å². The van der Waals surface area contributed by atoms with E-state index < -0.39 is 0 Å². The number of amides is 1. The molecular weight excluding hydrogens is 360 g/mol. The summed E-state index contributed by atoms with van der Waals surface area (Å²) in [7, 11) is 0. The fraction of sp³-hybridized carbons (Fsp3) is 0.160. The number of carbonyl (C=O) groups excluding carboxylic acids is 1. The molecule has 0 saturated heterocycles. The maximum Gasteiger partial charge on any atom is 0.257 e. The molecule has 1 atom stereocenters. The minimum atomic E-state index is -0.304. The van der Waals surface area contributed by atoms with Gasteiger partial charge in [-0.3, -0.25) is 4.79 Å². The SMILES string of the molecule is C=CCOc1ccccc1C1Nc2ccccc2C(=O)N1CCc1ccccc1. The predicted molar refractivity (Wildman–Crippen MR) is 116 cm³/mol. The highest BCUT2D eigenvalue weighted by Gasteiger charge is 2.33. The third-order valence-corrected chi connectivity index (χ3v) is 5.08. The molecule has 0 aromatic heterocycles. The average Bonchev–Trinajstić information content (AvgIpc) is 2.78. The molecule has 1 amide bonds. The van der Waals surface area contributed by atoms with Gasteiger partial charge in [0.15, 0.2) is 0 Å². The number of anilines is 1. The molecular formula is C25H24N2O2. The number of nitrogens with zero attached hydrogens (tertiary/aromatic N) is 1. The minimum absolute atomic E-state index is 0.0267. The molecule has 4 nitrogen and oxygen atoms in total. The predicted octanol–water partition coefficient (Wildman–Crippen LogP) is 5.06. The Morgan fingerprint density at radius 2 is 1.69 bits per heavy atom. The molecule has 0 fully saturated rings. The third kappa shape index (κ3) is 4.02. The lowest BCUT2D eigenvalue weighted by Crippen LogP contribution is -2.44. The summed E-state index contributed by atoms with van der Waals surface area (Å²) >= 11 is 0. The van der Waals surface area contributed by atoms with Crippen molar-refractivity contribution in [1.82, 2.24) is 4.90 Å². The fourth-order valence-electron chi connectivity index (χ4n) is 3.65. The lowest BCUT2D eigenvalue weighted by molar-refractivity contribution is 0.0683. The van der Waals surface area contributed by atoms with Crippen molar-refractivity contribution >= 4 is 11.6 Å². The Bertz CT molecular complexity index is 1000. The molecule has 0 aliphatic carbocycles. The lowest BCUT2D eigenvalue weighted by atomic mass is 10.0. The van der Waals surface area contributed by atoms with Gasteiger partial charge in [-0.2, -0.15) is 0 Å². The van der Waals surface area contributed by atoms with Crippen LogP contribution in [0.15, 0.2) is 91.5 Å². The van der Waals surface area contributed by atoms with Crippen molar-refractivity contribution in [1.29, 1.82) is 0 Å². The zero-order chi connectivity index (χ0) is 20.1. The summed E-state index contributed by atoms with van der Waals surface area (Å²) in [6, 6.07) is 25.7. The van der Waals surface area contributed by atoms with Crippen molar-refractivity contribution in [2.45, 2.75) is 12.6 Å². The Morgan fingerprint density at radius 3 is 2.52 bits per heavy atom. The highest BCUT2D eigenvalue weighted by atomic mass is 16.5. The minimum Gasteiger partial charge on any atom is -0.489 e. The third-order valence-electron chi connectivity index (χ3n) is 5.08. The van der Waals surface area contributed by atoms with E-state index in [0.717, 1.165) is 23.4 Å². The topological polar surface area (TPSA) is 41.6 Å². The molecule has 3 aromatic rings. The molecule has 146 valence electrons. The van der Waals surface area contributed by atoms with Gasteiger partial charge in [-0.1, -0.05) is 73.3 Å². The van der Waals surface area contributed by atoms with E-state index in [1.54, 1.807) is 6.08 Å². The lowest BCUT2D eigenvalue weighted by Gasteiger charge is -2.38. The number of fused-ring (bicyclic) bond motifs is 1. The fourth-order valence-corrected chi connectivity index (χ4v) is 3.65. The van der Waals surface area contributed by atoms with Crippen LogP contribution >= 0.6 is 0 Å². The van der Waals surface area contributed by atoms with Crippen LogP contribution in [0.1, 0.15) is 27.7 Å². The van der Waals surface area contributed by atoms with Gasteiger partial charge in [0.2, 0.25) is 0 Å². The van der Waals surface area contributed by atoms with Gasteiger partial charge in [0, 0.05) is 17.8 Å². The molecule has 1 aliphatic rings. The zero-order valence-electron chi connectivity index (χ0n) is 16.3. The van der Waals surface area contributed by atoms with Crippen molar-refractivity contribution in [2.75, 3.05) is 18.5 Å². The van der Waals surface area contributed by atoms with Gasteiger partial charge in [0.05, 0.1) is 5.56 Å². The van der Waals surface area contributed by atoms with Crippen LogP contribution in [0.3, 0.4) is 0 Å². The van der Waals surface area contributed by atoms with Crippen LogP contribution in [-0.2, 0) is 6.42 Å². The largest absolute Gasteiger partial charge is 0.489 e. The number of hydrogen-bond acceptors (Lipinski definition) is 3. The summed E-state index contributed by atoms with van der Waals surface area (Å²) in [5, 5.41) is 3.55. The highest BCUT2D eigenvalue weighted by molar-refractivity contribution is 6.01. The number of hydrogen-bond donors (Lipinski definition) is 1. The molecule has 1 N–H and O–H groups in total. The van der Waals surface area contributed by atoms with Gasteiger partial charge in [-0.25, -0.2) is 0 Å². The van der Waals surface area contributed by atoms with E-state index in [1.807, 2.05) is 71.6 Å². The Morgan fingerprint density at radius 1 is 0.966 bits per heavy atom. The molecule has 1 heterocycles. The van der Waals surface area contributed by atoms with Crippen LogP contribution in [-0.4, -0.2) is 24.0 Å². The molecule has 1 unspecified atom stereocenters. The number of nitrogens with one attached hydrogen (secondary N) is 1. The Balaban J connectivity index is 1.69. The van der Waals surface area contributed by atoms with Crippen molar-refractivity contribution < 1.29 is 9.53 Å². The van der Waals surface area contributed by atoms with Gasteiger partial charge in [0.1, 0.15) is 18.5 Å². The number of ether oxygens (including phenoxy) is 1. The quantitative estimate of drug-likeness (QED) is 0.579. The molecule has 0 radical (unpaired) electrons. The second-order valence-corrected chi connectivity index (χ2v) is 6.96. The van der Waals surface area contributed by atoms with Crippen LogP contribution < -0.4 is 10.1 Å². The summed E-state index contributed by atoms with van der Waals surface area (Å²) in [5.74, 6) is 0.778. The number of para-hydroxylation sites is 2. The van der Waals surface area contributed by atoms with Crippen LogP contribution in [0.5, 0.6) is 5.75 Å². The normalized spacial score (nSPS) is 15.4. The van der Waals surface area contributed by atoms with E-state index in [-0.39, 0.29) is 12.1 Å². The first-order valence-electron chi connectivity index (χ1n) is 9.81. The van der Waals surface area contributed by atoms with E-state index in [9.17, 15) is 4.79 Å². The molecule has 1 aliphatic heterocycles. The maximum absolute atomic E-state index is 13.4. The van der Waals surface area contributed by atoms with E-state index in [2.05, 4.69) is 24.0 Å². The van der Waals surface area contributed by atoms with Crippen molar-refractivity contribution in [2.24, 2.45) is 0 Å². The van der Waals surface area contributed by atoms with Crippen molar-refractivity contribution in [3.63, 3.8) is 0 Å². The molecule has 0 saturated carbocycles. The van der Waals surface area contributed by atoms with Crippen molar-refractivity contribution in [3.05, 3.63) is 108 Å². The molecule has 0 spiro atoms. The maximum atomic E-state index is 13.4.